The zero-order valence-corrected chi connectivity index (χ0v) is 8.42. The predicted molar refractivity (Wildman–Crippen MR) is 50.3 cm³/mol. The zero-order valence-electron chi connectivity index (χ0n) is 8.42. The van der Waals surface area contributed by atoms with E-state index in [0.717, 1.165) is 32.5 Å². The molecular weight excluding hydrogens is 154 g/mol. The highest BCUT2D eigenvalue weighted by molar-refractivity contribution is 4.60. The van der Waals surface area contributed by atoms with E-state index < -0.39 is 0 Å². The molecule has 1 N–H and O–H groups in total. The maximum Gasteiger partial charge on any atom is 0.0666 e. The molecule has 0 heterocycles. The van der Waals surface area contributed by atoms with Gasteiger partial charge in [0.15, 0.2) is 0 Å². The molecule has 0 spiro atoms. The first-order valence-electron chi connectivity index (χ1n) is 4.56. The highest BCUT2D eigenvalue weighted by Gasteiger charge is 2.05. The molecule has 1 atom stereocenters. The molecule has 0 amide bonds. The number of rotatable bonds is 7. The fraction of sp³-hybridized carbons (Fsp3) is 1.00. The SMILES string of the molecule is CCCC(O)CN(C)CCOC. The summed E-state index contributed by atoms with van der Waals surface area (Å²) >= 11 is 0. The van der Waals surface area contributed by atoms with E-state index in [4.69, 9.17) is 4.74 Å². The lowest BCUT2D eigenvalue weighted by Crippen LogP contribution is -2.31. The molecule has 1 unspecified atom stereocenters. The van der Waals surface area contributed by atoms with Crippen LogP contribution in [0.2, 0.25) is 0 Å². The number of hydrogen-bond donors (Lipinski definition) is 1. The second-order valence-corrected chi connectivity index (χ2v) is 3.20. The lowest BCUT2D eigenvalue weighted by Gasteiger charge is -2.19. The van der Waals surface area contributed by atoms with Gasteiger partial charge in [0.2, 0.25) is 0 Å². The fourth-order valence-corrected chi connectivity index (χ4v) is 1.12. The molecule has 0 fully saturated rings. The molecule has 0 bridgehead atoms. The first-order valence-corrected chi connectivity index (χ1v) is 4.56. The Kier molecular flexibility index (Phi) is 7.45. The minimum absolute atomic E-state index is 0.183. The number of aliphatic hydroxyl groups excluding tert-OH is 1. The lowest BCUT2D eigenvalue weighted by molar-refractivity contribution is 0.0973. The summed E-state index contributed by atoms with van der Waals surface area (Å²) in [4.78, 5) is 2.09. The van der Waals surface area contributed by atoms with E-state index in [0.29, 0.717) is 0 Å². The molecule has 0 rings (SSSR count). The van der Waals surface area contributed by atoms with Crippen molar-refractivity contribution in [3.63, 3.8) is 0 Å². The van der Waals surface area contributed by atoms with E-state index in [2.05, 4.69) is 11.8 Å². The molecule has 0 aliphatic carbocycles. The smallest absolute Gasteiger partial charge is 0.0666 e. The van der Waals surface area contributed by atoms with Crippen molar-refractivity contribution in [3.8, 4) is 0 Å². The van der Waals surface area contributed by atoms with Crippen molar-refractivity contribution in [1.29, 1.82) is 0 Å². The van der Waals surface area contributed by atoms with Crippen molar-refractivity contribution in [2.45, 2.75) is 25.9 Å². The molecule has 3 nitrogen and oxygen atoms in total. The van der Waals surface area contributed by atoms with Crippen molar-refractivity contribution in [1.82, 2.24) is 4.90 Å². The van der Waals surface area contributed by atoms with Crippen LogP contribution in [-0.2, 0) is 4.74 Å². The van der Waals surface area contributed by atoms with Crippen molar-refractivity contribution >= 4 is 0 Å². The molecule has 0 saturated heterocycles. The number of hydrogen-bond acceptors (Lipinski definition) is 3. The number of nitrogens with zero attached hydrogens (tertiary/aromatic N) is 1. The summed E-state index contributed by atoms with van der Waals surface area (Å²) in [6, 6.07) is 0. The summed E-state index contributed by atoms with van der Waals surface area (Å²) in [5.41, 5.74) is 0. The van der Waals surface area contributed by atoms with Gasteiger partial charge in [0.1, 0.15) is 0 Å². The van der Waals surface area contributed by atoms with Crippen molar-refractivity contribution in [2.24, 2.45) is 0 Å². The summed E-state index contributed by atoms with van der Waals surface area (Å²) in [5.74, 6) is 0. The number of aliphatic hydroxyl groups is 1. The topological polar surface area (TPSA) is 32.7 Å². The Morgan fingerprint density at radius 2 is 2.17 bits per heavy atom. The molecular formula is C9H21NO2. The number of likely N-dealkylation sites (N-methyl/N-ethyl adjacent to an activating group) is 1. The third-order valence-corrected chi connectivity index (χ3v) is 1.82. The molecule has 0 aromatic heterocycles. The van der Waals surface area contributed by atoms with Crippen molar-refractivity contribution in [3.05, 3.63) is 0 Å². The fourth-order valence-electron chi connectivity index (χ4n) is 1.12. The van der Waals surface area contributed by atoms with E-state index in [1.165, 1.54) is 0 Å². The number of methoxy groups -OCH3 is 1. The van der Waals surface area contributed by atoms with Gasteiger partial charge in [-0.25, -0.2) is 0 Å². The van der Waals surface area contributed by atoms with Gasteiger partial charge in [-0.1, -0.05) is 13.3 Å². The Bertz CT molecular complexity index is 98.5. The van der Waals surface area contributed by atoms with Crippen LogP contribution < -0.4 is 0 Å². The third kappa shape index (κ3) is 6.58. The third-order valence-electron chi connectivity index (χ3n) is 1.82. The van der Waals surface area contributed by atoms with E-state index in [1.807, 2.05) is 7.05 Å². The highest BCUT2D eigenvalue weighted by atomic mass is 16.5. The van der Waals surface area contributed by atoms with Crippen LogP contribution >= 0.6 is 0 Å². The number of ether oxygens (including phenoxy) is 1. The molecule has 0 aromatic rings. The minimum Gasteiger partial charge on any atom is -0.392 e. The van der Waals surface area contributed by atoms with Gasteiger partial charge in [0.25, 0.3) is 0 Å². The van der Waals surface area contributed by atoms with Crippen LogP contribution in [0, 0.1) is 0 Å². The largest absolute Gasteiger partial charge is 0.392 e. The van der Waals surface area contributed by atoms with Crippen LogP contribution in [0.3, 0.4) is 0 Å². The predicted octanol–water partition coefficient (Wildman–Crippen LogP) is 0.726. The molecule has 0 saturated carbocycles. The summed E-state index contributed by atoms with van der Waals surface area (Å²) < 4.78 is 4.93. The molecule has 0 radical (unpaired) electrons. The second-order valence-electron chi connectivity index (χ2n) is 3.20. The molecule has 3 heteroatoms. The Hall–Kier alpha value is -0.120. The molecule has 74 valence electrons. The van der Waals surface area contributed by atoms with Crippen LogP contribution in [-0.4, -0.2) is 50.0 Å². The van der Waals surface area contributed by atoms with Gasteiger partial charge >= 0.3 is 0 Å². The van der Waals surface area contributed by atoms with Crippen LogP contribution in [0.25, 0.3) is 0 Å². The Morgan fingerprint density at radius 1 is 1.50 bits per heavy atom. The summed E-state index contributed by atoms with van der Waals surface area (Å²) in [6.45, 7) is 4.45. The molecule has 0 aliphatic heterocycles. The van der Waals surface area contributed by atoms with E-state index >= 15 is 0 Å². The summed E-state index contributed by atoms with van der Waals surface area (Å²) in [7, 11) is 3.69. The van der Waals surface area contributed by atoms with Crippen molar-refractivity contribution < 1.29 is 9.84 Å². The Labute approximate surface area is 75.3 Å². The first-order chi connectivity index (χ1) is 5.70. The monoisotopic (exact) mass is 175 g/mol. The van der Waals surface area contributed by atoms with Gasteiger partial charge < -0.3 is 14.7 Å². The Balaban J connectivity index is 3.33. The average Bonchev–Trinajstić information content (AvgIpc) is 2.01. The van der Waals surface area contributed by atoms with Gasteiger partial charge in [-0.3, -0.25) is 0 Å². The maximum atomic E-state index is 9.44. The van der Waals surface area contributed by atoms with Gasteiger partial charge in [0, 0.05) is 20.2 Å². The highest BCUT2D eigenvalue weighted by Crippen LogP contribution is 1.97. The van der Waals surface area contributed by atoms with Crippen molar-refractivity contribution in [2.75, 3.05) is 33.9 Å². The van der Waals surface area contributed by atoms with Crippen LogP contribution in [0.15, 0.2) is 0 Å². The average molecular weight is 175 g/mol. The van der Waals surface area contributed by atoms with Crippen LogP contribution in [0.1, 0.15) is 19.8 Å². The maximum absolute atomic E-state index is 9.44. The zero-order chi connectivity index (χ0) is 9.40. The van der Waals surface area contributed by atoms with Gasteiger partial charge in [-0.05, 0) is 13.5 Å². The van der Waals surface area contributed by atoms with Crippen LogP contribution in [0.5, 0.6) is 0 Å². The molecule has 0 aromatic carbocycles. The summed E-state index contributed by atoms with van der Waals surface area (Å²) in [5, 5.41) is 9.44. The minimum atomic E-state index is -0.183. The van der Waals surface area contributed by atoms with Gasteiger partial charge in [-0.2, -0.15) is 0 Å². The molecule has 12 heavy (non-hydrogen) atoms. The standard InChI is InChI=1S/C9H21NO2/c1-4-5-9(11)8-10(2)6-7-12-3/h9,11H,4-8H2,1-3H3. The van der Waals surface area contributed by atoms with Gasteiger partial charge in [0.05, 0.1) is 12.7 Å². The van der Waals surface area contributed by atoms with E-state index in [1.54, 1.807) is 7.11 Å². The Morgan fingerprint density at radius 3 is 2.67 bits per heavy atom. The van der Waals surface area contributed by atoms with Crippen LogP contribution in [0.4, 0.5) is 0 Å². The van der Waals surface area contributed by atoms with Gasteiger partial charge in [-0.15, -0.1) is 0 Å². The lowest BCUT2D eigenvalue weighted by atomic mass is 10.2. The summed E-state index contributed by atoms with van der Waals surface area (Å²) in [6.07, 6.45) is 1.74. The second kappa shape index (κ2) is 7.53. The van der Waals surface area contributed by atoms with E-state index in [9.17, 15) is 5.11 Å². The normalized spacial score (nSPS) is 13.8. The first kappa shape index (κ1) is 11.9. The van der Waals surface area contributed by atoms with E-state index in [-0.39, 0.29) is 6.10 Å². The quantitative estimate of drug-likeness (QED) is 0.619. The molecule has 0 aliphatic rings.